The molecule has 1 unspecified atom stereocenters. The Hall–Kier alpha value is -2.43. The van der Waals surface area contributed by atoms with Crippen molar-refractivity contribution in [2.24, 2.45) is 0 Å². The van der Waals surface area contributed by atoms with Crippen molar-refractivity contribution in [1.29, 1.82) is 0 Å². The second-order valence-electron chi connectivity index (χ2n) is 4.14. The molecule has 0 aliphatic rings. The van der Waals surface area contributed by atoms with Gasteiger partial charge in [0.05, 0.1) is 24.1 Å². The van der Waals surface area contributed by atoms with E-state index in [1.54, 1.807) is 12.5 Å². The van der Waals surface area contributed by atoms with Gasteiger partial charge in [-0.15, -0.1) is 0 Å². The molecule has 0 bridgehead atoms. The minimum absolute atomic E-state index is 0.147. The fourth-order valence-corrected chi connectivity index (χ4v) is 2.06. The summed E-state index contributed by atoms with van der Waals surface area (Å²) in [7, 11) is 0. The smallest absolute Gasteiger partial charge is 0.0921 e. The van der Waals surface area contributed by atoms with Crippen molar-refractivity contribution in [3.63, 3.8) is 0 Å². The third kappa shape index (κ3) is 2.15. The molecule has 0 radical (unpaired) electrons. The number of aromatic amines is 2. The van der Waals surface area contributed by atoms with Gasteiger partial charge in [0.25, 0.3) is 0 Å². The SMILES string of the molecule is c1ccc(CC(c2cn[nH]n2)c2cnc[nH]2)cc1. The van der Waals surface area contributed by atoms with E-state index in [0.29, 0.717) is 0 Å². The lowest BCUT2D eigenvalue weighted by molar-refractivity contribution is 0.744. The monoisotopic (exact) mass is 239 g/mol. The Bertz CT molecular complexity index is 537. The summed E-state index contributed by atoms with van der Waals surface area (Å²) < 4.78 is 0. The largest absolute Gasteiger partial charge is 0.348 e. The van der Waals surface area contributed by atoms with Crippen LogP contribution in [0.3, 0.4) is 0 Å². The lowest BCUT2D eigenvalue weighted by Gasteiger charge is -2.12. The number of nitrogens with zero attached hydrogens (tertiary/aromatic N) is 3. The highest BCUT2D eigenvalue weighted by molar-refractivity contribution is 5.25. The van der Waals surface area contributed by atoms with Gasteiger partial charge in [-0.1, -0.05) is 30.3 Å². The summed E-state index contributed by atoms with van der Waals surface area (Å²) in [6.45, 7) is 0. The molecule has 2 aromatic heterocycles. The van der Waals surface area contributed by atoms with Gasteiger partial charge in [0.2, 0.25) is 0 Å². The molecule has 2 N–H and O–H groups in total. The van der Waals surface area contributed by atoms with Gasteiger partial charge in [-0.3, -0.25) is 0 Å². The van der Waals surface area contributed by atoms with Crippen LogP contribution in [0.4, 0.5) is 0 Å². The van der Waals surface area contributed by atoms with Crippen molar-refractivity contribution in [2.75, 3.05) is 0 Å². The second-order valence-corrected chi connectivity index (χ2v) is 4.14. The maximum atomic E-state index is 4.18. The zero-order chi connectivity index (χ0) is 12.2. The average Bonchev–Trinajstić information content (AvgIpc) is 3.11. The van der Waals surface area contributed by atoms with Gasteiger partial charge in [0, 0.05) is 11.9 Å². The molecule has 1 aromatic carbocycles. The molecule has 0 fully saturated rings. The van der Waals surface area contributed by atoms with Gasteiger partial charge in [-0.25, -0.2) is 4.98 Å². The molecule has 5 nitrogen and oxygen atoms in total. The van der Waals surface area contributed by atoms with Crippen molar-refractivity contribution >= 4 is 0 Å². The van der Waals surface area contributed by atoms with Gasteiger partial charge >= 0.3 is 0 Å². The van der Waals surface area contributed by atoms with E-state index in [-0.39, 0.29) is 5.92 Å². The Morgan fingerprint density at radius 1 is 1.11 bits per heavy atom. The predicted molar refractivity (Wildman–Crippen MR) is 67.0 cm³/mol. The number of hydrogen-bond donors (Lipinski definition) is 2. The Kier molecular flexibility index (Phi) is 2.87. The number of rotatable bonds is 4. The normalized spacial score (nSPS) is 12.4. The van der Waals surface area contributed by atoms with Gasteiger partial charge in [-0.05, 0) is 12.0 Å². The third-order valence-corrected chi connectivity index (χ3v) is 2.97. The minimum atomic E-state index is 0.147. The van der Waals surface area contributed by atoms with Crippen LogP contribution in [0.2, 0.25) is 0 Å². The van der Waals surface area contributed by atoms with Crippen LogP contribution in [0.1, 0.15) is 22.9 Å². The van der Waals surface area contributed by atoms with Crippen LogP contribution < -0.4 is 0 Å². The van der Waals surface area contributed by atoms with E-state index in [4.69, 9.17) is 0 Å². The predicted octanol–water partition coefficient (Wildman–Crippen LogP) is 1.90. The molecule has 18 heavy (non-hydrogen) atoms. The van der Waals surface area contributed by atoms with Crippen LogP contribution >= 0.6 is 0 Å². The zero-order valence-electron chi connectivity index (χ0n) is 9.74. The Balaban J connectivity index is 1.92. The van der Waals surface area contributed by atoms with Crippen LogP contribution in [-0.4, -0.2) is 25.4 Å². The van der Waals surface area contributed by atoms with E-state index in [1.807, 2.05) is 24.4 Å². The maximum absolute atomic E-state index is 4.18. The lowest BCUT2D eigenvalue weighted by Crippen LogP contribution is -2.06. The summed E-state index contributed by atoms with van der Waals surface area (Å²) >= 11 is 0. The summed E-state index contributed by atoms with van der Waals surface area (Å²) in [6, 6.07) is 10.3. The second kappa shape index (κ2) is 4.83. The fraction of sp³-hybridized carbons (Fsp3) is 0.154. The summed E-state index contributed by atoms with van der Waals surface area (Å²) in [5.74, 6) is 0.147. The van der Waals surface area contributed by atoms with Gasteiger partial charge < -0.3 is 4.98 Å². The molecule has 5 heteroatoms. The molecule has 0 saturated carbocycles. The molecule has 0 spiro atoms. The van der Waals surface area contributed by atoms with Crippen LogP contribution in [-0.2, 0) is 6.42 Å². The molecular weight excluding hydrogens is 226 g/mol. The number of aromatic nitrogens is 5. The number of imidazole rings is 1. The molecule has 0 saturated heterocycles. The molecule has 3 rings (SSSR count). The molecular formula is C13H13N5. The first kappa shape index (κ1) is 10.7. The first-order chi connectivity index (χ1) is 8.93. The minimum Gasteiger partial charge on any atom is -0.348 e. The topological polar surface area (TPSA) is 70.2 Å². The summed E-state index contributed by atoms with van der Waals surface area (Å²) in [6.07, 6.45) is 6.15. The molecule has 0 aliphatic heterocycles. The van der Waals surface area contributed by atoms with Gasteiger partial charge in [0.1, 0.15) is 0 Å². The third-order valence-electron chi connectivity index (χ3n) is 2.97. The van der Waals surface area contributed by atoms with Crippen LogP contribution in [0.15, 0.2) is 49.1 Å². The van der Waals surface area contributed by atoms with Gasteiger partial charge in [-0.2, -0.15) is 15.4 Å². The highest BCUT2D eigenvalue weighted by atomic mass is 15.3. The van der Waals surface area contributed by atoms with Crippen molar-refractivity contribution in [3.05, 3.63) is 66.0 Å². The Morgan fingerprint density at radius 3 is 2.67 bits per heavy atom. The van der Waals surface area contributed by atoms with E-state index in [0.717, 1.165) is 17.8 Å². The number of hydrogen-bond acceptors (Lipinski definition) is 3. The quantitative estimate of drug-likeness (QED) is 0.730. The van der Waals surface area contributed by atoms with Crippen LogP contribution in [0.25, 0.3) is 0 Å². The van der Waals surface area contributed by atoms with Crippen molar-refractivity contribution in [1.82, 2.24) is 25.4 Å². The Morgan fingerprint density at radius 2 is 2.00 bits per heavy atom. The van der Waals surface area contributed by atoms with E-state index < -0.39 is 0 Å². The average molecular weight is 239 g/mol. The van der Waals surface area contributed by atoms with E-state index in [9.17, 15) is 0 Å². The fourth-order valence-electron chi connectivity index (χ4n) is 2.06. The Labute approximate surface area is 104 Å². The van der Waals surface area contributed by atoms with Crippen molar-refractivity contribution in [2.45, 2.75) is 12.3 Å². The summed E-state index contributed by atoms with van der Waals surface area (Å²) in [5, 5.41) is 10.7. The molecule has 0 amide bonds. The lowest BCUT2D eigenvalue weighted by atomic mass is 9.94. The van der Waals surface area contributed by atoms with Crippen molar-refractivity contribution in [3.8, 4) is 0 Å². The number of benzene rings is 1. The number of H-pyrrole nitrogens is 2. The molecule has 1 atom stereocenters. The molecule has 90 valence electrons. The zero-order valence-corrected chi connectivity index (χ0v) is 9.74. The first-order valence-corrected chi connectivity index (χ1v) is 5.81. The highest BCUT2D eigenvalue weighted by Gasteiger charge is 2.18. The van der Waals surface area contributed by atoms with Crippen molar-refractivity contribution < 1.29 is 0 Å². The van der Waals surface area contributed by atoms with E-state index in [1.165, 1.54) is 5.56 Å². The molecule has 2 heterocycles. The maximum Gasteiger partial charge on any atom is 0.0921 e. The number of nitrogens with one attached hydrogen (secondary N) is 2. The standard InChI is InChI=1S/C13H13N5/c1-2-4-10(5-3-1)6-11(12-7-14-9-15-12)13-8-16-18-17-13/h1-5,7-9,11H,6H2,(H,14,15)(H,16,17,18). The van der Waals surface area contributed by atoms with Gasteiger partial charge in [0.15, 0.2) is 0 Å². The summed E-state index contributed by atoms with van der Waals surface area (Å²) in [5.41, 5.74) is 3.23. The van der Waals surface area contributed by atoms with Crippen LogP contribution in [0.5, 0.6) is 0 Å². The highest BCUT2D eigenvalue weighted by Crippen LogP contribution is 2.24. The van der Waals surface area contributed by atoms with Crippen LogP contribution in [0, 0.1) is 0 Å². The molecule has 0 aliphatic carbocycles. The summed E-state index contributed by atoms with van der Waals surface area (Å²) in [4.78, 5) is 7.23. The van der Waals surface area contributed by atoms with E-state index in [2.05, 4.69) is 37.5 Å². The van der Waals surface area contributed by atoms with E-state index >= 15 is 0 Å². The molecule has 3 aromatic rings. The first-order valence-electron chi connectivity index (χ1n) is 5.81.